The number of amides is 1. The number of nitrogen functional groups attached to an aromatic ring is 1. The third kappa shape index (κ3) is 3.28. The lowest BCUT2D eigenvalue weighted by Gasteiger charge is -2.28. The molecule has 1 aromatic rings. The lowest BCUT2D eigenvalue weighted by Crippen LogP contribution is -2.39. The van der Waals surface area contributed by atoms with Gasteiger partial charge in [0.15, 0.2) is 0 Å². The monoisotopic (exact) mass is 260 g/mol. The fourth-order valence-corrected chi connectivity index (χ4v) is 2.94. The molecule has 1 atom stereocenters. The van der Waals surface area contributed by atoms with Crippen LogP contribution in [0.25, 0.3) is 0 Å². The summed E-state index contributed by atoms with van der Waals surface area (Å²) in [5.41, 5.74) is 8.10. The Hall–Kier alpha value is -1.51. The Labute approximate surface area is 115 Å². The average Bonchev–Trinajstić information content (AvgIpc) is 2.42. The highest BCUT2D eigenvalue weighted by Gasteiger charge is 2.22. The number of nitrogens with two attached hydrogens (primary N) is 1. The first-order valence-corrected chi connectivity index (χ1v) is 7.25. The second-order valence-electron chi connectivity index (χ2n) is 5.68. The highest BCUT2D eigenvalue weighted by atomic mass is 16.1. The fraction of sp³-hybridized carbons (Fsp3) is 0.562. The van der Waals surface area contributed by atoms with Gasteiger partial charge < -0.3 is 11.1 Å². The molecule has 1 aliphatic rings. The second-order valence-corrected chi connectivity index (χ2v) is 5.68. The predicted molar refractivity (Wildman–Crippen MR) is 79.1 cm³/mol. The summed E-state index contributed by atoms with van der Waals surface area (Å²) in [4.78, 5) is 12.3. The van der Waals surface area contributed by atoms with Crippen LogP contribution in [0, 0.1) is 12.8 Å². The van der Waals surface area contributed by atoms with Crippen LogP contribution < -0.4 is 11.1 Å². The SMILES string of the molecule is Cc1c(N)cccc1C(=O)N[C@@H](C)C1CCCCC1. The van der Waals surface area contributed by atoms with Crippen molar-refractivity contribution in [2.24, 2.45) is 5.92 Å². The van der Waals surface area contributed by atoms with E-state index in [1.165, 1.54) is 32.1 Å². The number of benzene rings is 1. The number of anilines is 1. The van der Waals surface area contributed by atoms with Crippen molar-refractivity contribution in [3.05, 3.63) is 29.3 Å². The van der Waals surface area contributed by atoms with Gasteiger partial charge in [0, 0.05) is 17.3 Å². The first-order chi connectivity index (χ1) is 9.09. The van der Waals surface area contributed by atoms with Gasteiger partial charge in [0.1, 0.15) is 0 Å². The van der Waals surface area contributed by atoms with Gasteiger partial charge in [-0.15, -0.1) is 0 Å². The van der Waals surface area contributed by atoms with Gasteiger partial charge in [-0.3, -0.25) is 4.79 Å². The summed E-state index contributed by atoms with van der Waals surface area (Å²) in [5, 5.41) is 3.14. The standard InChI is InChI=1S/C16H24N2O/c1-11-14(9-6-10-15(11)17)16(19)18-12(2)13-7-4-3-5-8-13/h6,9-10,12-13H,3-5,7-8,17H2,1-2H3,(H,18,19)/t12-/m0/s1. The van der Waals surface area contributed by atoms with E-state index in [1.807, 2.05) is 25.1 Å². The fourth-order valence-electron chi connectivity index (χ4n) is 2.94. The Morgan fingerprint density at radius 3 is 2.68 bits per heavy atom. The van der Waals surface area contributed by atoms with Crippen LogP contribution in [0.5, 0.6) is 0 Å². The highest BCUT2D eigenvalue weighted by molar-refractivity contribution is 5.97. The van der Waals surface area contributed by atoms with Crippen LogP contribution in [0.4, 0.5) is 5.69 Å². The first-order valence-electron chi connectivity index (χ1n) is 7.25. The molecule has 0 radical (unpaired) electrons. The minimum absolute atomic E-state index is 0.00266. The van der Waals surface area contributed by atoms with Gasteiger partial charge in [-0.2, -0.15) is 0 Å². The summed E-state index contributed by atoms with van der Waals surface area (Å²) in [6.45, 7) is 4.02. The van der Waals surface area contributed by atoms with E-state index in [-0.39, 0.29) is 11.9 Å². The summed E-state index contributed by atoms with van der Waals surface area (Å²) in [6.07, 6.45) is 6.39. The summed E-state index contributed by atoms with van der Waals surface area (Å²) < 4.78 is 0. The van der Waals surface area contributed by atoms with Crippen molar-refractivity contribution in [2.75, 3.05) is 5.73 Å². The molecule has 2 rings (SSSR count). The minimum Gasteiger partial charge on any atom is -0.398 e. The van der Waals surface area contributed by atoms with Gasteiger partial charge in [0.25, 0.3) is 5.91 Å². The van der Waals surface area contributed by atoms with Crippen molar-refractivity contribution in [1.82, 2.24) is 5.32 Å². The molecule has 0 spiro atoms. The molecule has 1 amide bonds. The van der Waals surface area contributed by atoms with Gasteiger partial charge in [-0.1, -0.05) is 25.3 Å². The number of hydrogen-bond donors (Lipinski definition) is 2. The molecule has 19 heavy (non-hydrogen) atoms. The molecule has 1 aliphatic carbocycles. The van der Waals surface area contributed by atoms with E-state index < -0.39 is 0 Å². The topological polar surface area (TPSA) is 55.1 Å². The molecule has 0 heterocycles. The number of carbonyl (C=O) groups is 1. The summed E-state index contributed by atoms with van der Waals surface area (Å²) >= 11 is 0. The summed E-state index contributed by atoms with van der Waals surface area (Å²) in [5.74, 6) is 0.627. The first kappa shape index (κ1) is 13.9. The van der Waals surface area contributed by atoms with E-state index in [0.717, 1.165) is 5.56 Å². The molecular weight excluding hydrogens is 236 g/mol. The molecule has 3 N–H and O–H groups in total. The van der Waals surface area contributed by atoms with Gasteiger partial charge in [0.05, 0.1) is 0 Å². The predicted octanol–water partition coefficient (Wildman–Crippen LogP) is 3.28. The van der Waals surface area contributed by atoms with Crippen molar-refractivity contribution in [2.45, 2.75) is 52.0 Å². The molecule has 1 fully saturated rings. The smallest absolute Gasteiger partial charge is 0.251 e. The van der Waals surface area contributed by atoms with E-state index in [2.05, 4.69) is 12.2 Å². The number of nitrogens with one attached hydrogen (secondary N) is 1. The molecule has 3 nitrogen and oxygen atoms in total. The average molecular weight is 260 g/mol. The molecule has 1 aromatic carbocycles. The van der Waals surface area contributed by atoms with Crippen LogP contribution in [0.1, 0.15) is 54.9 Å². The quantitative estimate of drug-likeness (QED) is 0.819. The van der Waals surface area contributed by atoms with Crippen LogP contribution >= 0.6 is 0 Å². The lowest BCUT2D eigenvalue weighted by atomic mass is 9.84. The lowest BCUT2D eigenvalue weighted by molar-refractivity contribution is 0.0918. The minimum atomic E-state index is 0.00266. The van der Waals surface area contributed by atoms with Crippen LogP contribution in [0.15, 0.2) is 18.2 Å². The number of rotatable bonds is 3. The Balaban J connectivity index is 2.02. The van der Waals surface area contributed by atoms with E-state index in [4.69, 9.17) is 5.73 Å². The van der Waals surface area contributed by atoms with Crippen LogP contribution in [0.3, 0.4) is 0 Å². The Bertz CT molecular complexity index is 450. The van der Waals surface area contributed by atoms with Crippen molar-refractivity contribution in [3.8, 4) is 0 Å². The van der Waals surface area contributed by atoms with E-state index in [9.17, 15) is 4.79 Å². The van der Waals surface area contributed by atoms with Gasteiger partial charge in [-0.25, -0.2) is 0 Å². The van der Waals surface area contributed by atoms with E-state index in [1.54, 1.807) is 0 Å². The Morgan fingerprint density at radius 2 is 2.00 bits per heavy atom. The van der Waals surface area contributed by atoms with Crippen molar-refractivity contribution in [1.29, 1.82) is 0 Å². The van der Waals surface area contributed by atoms with Crippen LogP contribution in [-0.4, -0.2) is 11.9 Å². The van der Waals surface area contributed by atoms with Crippen molar-refractivity contribution >= 4 is 11.6 Å². The molecule has 0 saturated heterocycles. The maximum absolute atomic E-state index is 12.3. The molecule has 0 aliphatic heterocycles. The van der Waals surface area contributed by atoms with Crippen LogP contribution in [0.2, 0.25) is 0 Å². The molecule has 0 aromatic heterocycles. The molecular formula is C16H24N2O. The zero-order chi connectivity index (χ0) is 13.8. The highest BCUT2D eigenvalue weighted by Crippen LogP contribution is 2.26. The summed E-state index contributed by atoms with van der Waals surface area (Å²) in [6, 6.07) is 5.75. The normalized spacial score (nSPS) is 18.0. The number of carbonyl (C=O) groups excluding carboxylic acids is 1. The largest absolute Gasteiger partial charge is 0.398 e. The van der Waals surface area contributed by atoms with Crippen LogP contribution in [-0.2, 0) is 0 Å². The Kier molecular flexibility index (Phi) is 4.46. The third-order valence-corrected chi connectivity index (χ3v) is 4.34. The van der Waals surface area contributed by atoms with E-state index in [0.29, 0.717) is 17.2 Å². The zero-order valence-corrected chi connectivity index (χ0v) is 11.9. The second kappa shape index (κ2) is 6.09. The maximum atomic E-state index is 12.3. The van der Waals surface area contributed by atoms with Crippen molar-refractivity contribution in [3.63, 3.8) is 0 Å². The summed E-state index contributed by atoms with van der Waals surface area (Å²) in [7, 11) is 0. The van der Waals surface area contributed by atoms with Gasteiger partial charge >= 0.3 is 0 Å². The molecule has 104 valence electrons. The molecule has 1 saturated carbocycles. The van der Waals surface area contributed by atoms with Gasteiger partial charge in [0.2, 0.25) is 0 Å². The Morgan fingerprint density at radius 1 is 1.32 bits per heavy atom. The van der Waals surface area contributed by atoms with Crippen molar-refractivity contribution < 1.29 is 4.79 Å². The molecule has 0 unspecified atom stereocenters. The molecule has 3 heteroatoms. The maximum Gasteiger partial charge on any atom is 0.251 e. The zero-order valence-electron chi connectivity index (χ0n) is 11.9. The molecule has 0 bridgehead atoms. The van der Waals surface area contributed by atoms with E-state index >= 15 is 0 Å². The van der Waals surface area contributed by atoms with Gasteiger partial charge in [-0.05, 0) is 50.3 Å². The third-order valence-electron chi connectivity index (χ3n) is 4.34. The number of hydrogen-bond acceptors (Lipinski definition) is 2.